The van der Waals surface area contributed by atoms with E-state index in [-0.39, 0.29) is 5.97 Å². The van der Waals surface area contributed by atoms with Crippen LogP contribution in [-0.4, -0.2) is 24.3 Å². The van der Waals surface area contributed by atoms with E-state index in [1.165, 1.54) is 7.05 Å². The predicted molar refractivity (Wildman–Crippen MR) is 35.7 cm³/mol. The molecule has 0 radical (unpaired) electrons. The van der Waals surface area contributed by atoms with Crippen LogP contribution in [0.2, 0.25) is 0 Å². The van der Waals surface area contributed by atoms with Crippen molar-refractivity contribution < 1.29 is 9.53 Å². The molecule has 1 aliphatic heterocycles. The molecule has 1 N–H and O–H groups in total. The summed E-state index contributed by atoms with van der Waals surface area (Å²) >= 11 is 0. The summed E-state index contributed by atoms with van der Waals surface area (Å²) in [7, 11) is 1.54. The molecule has 0 saturated carbocycles. The second-order valence-electron chi connectivity index (χ2n) is 2.28. The summed E-state index contributed by atoms with van der Waals surface area (Å²) in [4.78, 5) is 10.7. The van der Waals surface area contributed by atoms with Crippen LogP contribution >= 0.6 is 0 Å². The SMILES string of the molecule is C=C1CC(N(C)[NH-])OC1=O. The fraction of sp³-hybridized carbons (Fsp3) is 0.500. The van der Waals surface area contributed by atoms with E-state index in [0.717, 1.165) is 5.01 Å². The lowest BCUT2D eigenvalue weighted by atomic mass is 10.2. The molecule has 1 rings (SSSR count). The number of carbonyl (C=O) groups excluding carboxylic acids is 1. The number of nitrogens with zero attached hydrogens (tertiary/aromatic N) is 1. The zero-order valence-corrected chi connectivity index (χ0v) is 5.76. The quantitative estimate of drug-likeness (QED) is 0.307. The van der Waals surface area contributed by atoms with E-state index < -0.39 is 6.23 Å². The highest BCUT2D eigenvalue weighted by Gasteiger charge is 2.26. The van der Waals surface area contributed by atoms with Crippen LogP contribution in [0, 0.1) is 0 Å². The van der Waals surface area contributed by atoms with Crippen LogP contribution in [0.4, 0.5) is 0 Å². The van der Waals surface area contributed by atoms with Crippen molar-refractivity contribution in [2.75, 3.05) is 7.05 Å². The number of carbonyl (C=O) groups is 1. The minimum Gasteiger partial charge on any atom is -0.607 e. The maximum absolute atomic E-state index is 10.7. The highest BCUT2D eigenvalue weighted by molar-refractivity contribution is 5.89. The first-order valence-corrected chi connectivity index (χ1v) is 2.94. The molecule has 1 heterocycles. The Morgan fingerprint density at radius 3 is 2.70 bits per heavy atom. The molecule has 1 fully saturated rings. The molecule has 4 nitrogen and oxygen atoms in total. The van der Waals surface area contributed by atoms with Crippen molar-refractivity contribution in [2.24, 2.45) is 0 Å². The largest absolute Gasteiger partial charge is 0.607 e. The Labute approximate surface area is 59.2 Å². The Bertz CT molecular complexity index is 161. The van der Waals surface area contributed by atoms with E-state index in [4.69, 9.17) is 10.6 Å². The standard InChI is InChI=1S/C6H9N2O2/c1-4-3-5(8(2)7)10-6(4)9/h5,7H,1,3H2,2H3/q-1. The first-order chi connectivity index (χ1) is 4.61. The van der Waals surface area contributed by atoms with Gasteiger partial charge in [-0.2, -0.15) is 0 Å². The molecule has 0 spiro atoms. The number of esters is 1. The van der Waals surface area contributed by atoms with Crippen molar-refractivity contribution in [1.82, 2.24) is 5.01 Å². The van der Waals surface area contributed by atoms with Crippen molar-refractivity contribution in [2.45, 2.75) is 12.6 Å². The van der Waals surface area contributed by atoms with Crippen LogP contribution in [0.3, 0.4) is 0 Å². The number of rotatable bonds is 1. The molecule has 0 bridgehead atoms. The summed E-state index contributed by atoms with van der Waals surface area (Å²) in [6.07, 6.45) is 0.0127. The third-order valence-electron chi connectivity index (χ3n) is 1.38. The third-order valence-corrected chi connectivity index (χ3v) is 1.38. The second kappa shape index (κ2) is 2.40. The first kappa shape index (κ1) is 7.24. The molecule has 1 saturated heterocycles. The van der Waals surface area contributed by atoms with E-state index in [9.17, 15) is 4.79 Å². The summed E-state index contributed by atoms with van der Waals surface area (Å²) in [6, 6.07) is 0. The lowest BCUT2D eigenvalue weighted by Gasteiger charge is -2.25. The number of hydrogen-bond donors (Lipinski definition) is 0. The third kappa shape index (κ3) is 1.17. The van der Waals surface area contributed by atoms with Gasteiger partial charge in [-0.25, -0.2) is 4.79 Å². The molecule has 0 aromatic carbocycles. The van der Waals surface area contributed by atoms with Gasteiger partial charge in [-0.15, -0.1) is 0 Å². The van der Waals surface area contributed by atoms with Gasteiger partial charge in [-0.1, -0.05) is 6.58 Å². The smallest absolute Gasteiger partial charge is 0.335 e. The van der Waals surface area contributed by atoms with Crippen molar-refractivity contribution >= 4 is 5.97 Å². The minimum atomic E-state index is -0.431. The molecule has 4 heteroatoms. The van der Waals surface area contributed by atoms with Crippen LogP contribution in [0.15, 0.2) is 12.2 Å². The van der Waals surface area contributed by atoms with E-state index in [2.05, 4.69) is 6.58 Å². The number of hydrogen-bond acceptors (Lipinski definition) is 3. The topological polar surface area (TPSA) is 53.3 Å². The Balaban J connectivity index is 2.57. The van der Waals surface area contributed by atoms with Gasteiger partial charge in [0.25, 0.3) is 0 Å². The maximum atomic E-state index is 10.7. The molecule has 0 aliphatic carbocycles. The molecule has 0 aromatic heterocycles. The zero-order chi connectivity index (χ0) is 7.72. The summed E-state index contributed by atoms with van der Waals surface area (Å²) in [5, 5.41) is 1.11. The number of ether oxygens (including phenoxy) is 1. The molecule has 0 amide bonds. The van der Waals surface area contributed by atoms with Crippen LogP contribution in [0.25, 0.3) is 5.84 Å². The lowest BCUT2D eigenvalue weighted by molar-refractivity contribution is -0.143. The maximum Gasteiger partial charge on any atom is 0.335 e. The Hall–Kier alpha value is -0.870. The average Bonchev–Trinajstić information content (AvgIpc) is 2.13. The van der Waals surface area contributed by atoms with Crippen LogP contribution in [0.5, 0.6) is 0 Å². The van der Waals surface area contributed by atoms with Gasteiger partial charge >= 0.3 is 5.97 Å². The van der Waals surface area contributed by atoms with Gasteiger partial charge in [0.1, 0.15) is 6.23 Å². The van der Waals surface area contributed by atoms with E-state index >= 15 is 0 Å². The Morgan fingerprint density at radius 1 is 1.90 bits per heavy atom. The molecule has 56 valence electrons. The molecule has 0 aromatic rings. The summed E-state index contributed by atoms with van der Waals surface area (Å²) < 4.78 is 4.73. The van der Waals surface area contributed by atoms with E-state index in [1.807, 2.05) is 0 Å². The van der Waals surface area contributed by atoms with Crippen molar-refractivity contribution in [3.05, 3.63) is 18.0 Å². The summed E-state index contributed by atoms with van der Waals surface area (Å²) in [6.45, 7) is 3.48. The number of cyclic esters (lactones) is 1. The van der Waals surface area contributed by atoms with Crippen molar-refractivity contribution in [1.29, 1.82) is 0 Å². The van der Waals surface area contributed by atoms with Crippen LogP contribution in [-0.2, 0) is 9.53 Å². The zero-order valence-electron chi connectivity index (χ0n) is 5.76. The molecule has 10 heavy (non-hydrogen) atoms. The van der Waals surface area contributed by atoms with Crippen molar-refractivity contribution in [3.8, 4) is 0 Å². The Kier molecular flexibility index (Phi) is 1.74. The summed E-state index contributed by atoms with van der Waals surface area (Å²) in [5.74, 6) is 6.68. The monoisotopic (exact) mass is 141 g/mol. The molecule has 1 unspecified atom stereocenters. The van der Waals surface area contributed by atoms with Gasteiger partial charge in [-0.05, 0) is 7.05 Å². The van der Waals surface area contributed by atoms with Gasteiger partial charge in [0.05, 0.1) is 0 Å². The van der Waals surface area contributed by atoms with Crippen LogP contribution in [0.1, 0.15) is 6.42 Å². The van der Waals surface area contributed by atoms with Gasteiger partial charge < -0.3 is 15.6 Å². The minimum absolute atomic E-state index is 0.385. The van der Waals surface area contributed by atoms with Crippen LogP contribution < -0.4 is 0 Å². The van der Waals surface area contributed by atoms with Crippen molar-refractivity contribution in [3.63, 3.8) is 0 Å². The predicted octanol–water partition coefficient (Wildman–Crippen LogP) is 0.715. The van der Waals surface area contributed by atoms with Gasteiger partial charge in [0.2, 0.25) is 0 Å². The number of nitrogens with one attached hydrogen (secondary N) is 1. The van der Waals surface area contributed by atoms with E-state index in [1.54, 1.807) is 0 Å². The normalized spacial score (nSPS) is 25.7. The fourth-order valence-corrected chi connectivity index (χ4v) is 0.759. The fourth-order valence-electron chi connectivity index (χ4n) is 0.759. The first-order valence-electron chi connectivity index (χ1n) is 2.94. The molecular formula is C6H9N2O2-. The lowest BCUT2D eigenvalue weighted by Crippen LogP contribution is -2.23. The summed E-state index contributed by atoms with van der Waals surface area (Å²) in [5.41, 5.74) is 0.448. The Morgan fingerprint density at radius 2 is 2.50 bits per heavy atom. The van der Waals surface area contributed by atoms with Gasteiger partial charge in [-0.3, -0.25) is 0 Å². The second-order valence-corrected chi connectivity index (χ2v) is 2.28. The molecule has 1 atom stereocenters. The molecular weight excluding hydrogens is 132 g/mol. The van der Waals surface area contributed by atoms with E-state index in [0.29, 0.717) is 12.0 Å². The van der Waals surface area contributed by atoms with Gasteiger partial charge in [0, 0.05) is 12.0 Å². The van der Waals surface area contributed by atoms with Gasteiger partial charge in [0.15, 0.2) is 0 Å². The highest BCUT2D eigenvalue weighted by Crippen LogP contribution is 2.20. The molecule has 1 aliphatic rings. The average molecular weight is 141 g/mol. The highest BCUT2D eigenvalue weighted by atomic mass is 16.6.